The summed E-state index contributed by atoms with van der Waals surface area (Å²) in [6.45, 7) is 14.8. The zero-order chi connectivity index (χ0) is 9.72. The Morgan fingerprint density at radius 1 is 1.50 bits per heavy atom. The number of allylic oxidation sites excluding steroid dienone is 3. The molecule has 0 heterocycles. The minimum Gasteiger partial charge on any atom is -0.346 e. The molecule has 0 aliphatic rings. The van der Waals surface area contributed by atoms with Gasteiger partial charge in [-0.25, -0.2) is 0 Å². The predicted octanol–water partition coefficient (Wildman–Crippen LogP) is 3.65. The van der Waals surface area contributed by atoms with Gasteiger partial charge in [-0.15, -0.1) is 0 Å². The van der Waals surface area contributed by atoms with E-state index in [9.17, 15) is 0 Å². The van der Waals surface area contributed by atoms with E-state index in [0.717, 1.165) is 22.4 Å². The van der Waals surface area contributed by atoms with Crippen molar-refractivity contribution in [2.45, 2.75) is 20.8 Å². The predicted molar refractivity (Wildman–Crippen MR) is 59.0 cm³/mol. The van der Waals surface area contributed by atoms with E-state index >= 15 is 0 Å². The summed E-state index contributed by atoms with van der Waals surface area (Å²) in [6.07, 6.45) is 1.98. The Hall–Kier alpha value is -0.500. The first-order valence-corrected chi connectivity index (χ1v) is 4.78. The number of hydrogen-bond acceptors (Lipinski definition) is 1. The largest absolute Gasteiger partial charge is 0.346 e. The molecule has 0 rings (SSSR count). The average molecular weight is 230 g/mol. The van der Waals surface area contributed by atoms with Crippen molar-refractivity contribution in [2.24, 2.45) is 0 Å². The summed E-state index contributed by atoms with van der Waals surface area (Å²) in [5.41, 5.74) is 1.98. The fourth-order valence-electron chi connectivity index (χ4n) is 0.987. The molecule has 0 unspecified atom stereocenters. The third-order valence-corrected chi connectivity index (χ3v) is 2.55. The van der Waals surface area contributed by atoms with Gasteiger partial charge in [-0.05, 0) is 36.7 Å². The fraction of sp³-hybridized carbons (Fsp3) is 0.400. The molecule has 12 heavy (non-hydrogen) atoms. The molecular weight excluding hydrogens is 214 g/mol. The molecule has 0 saturated carbocycles. The number of halogens is 1. The van der Waals surface area contributed by atoms with Gasteiger partial charge in [-0.2, -0.15) is 0 Å². The third-order valence-electron chi connectivity index (χ3n) is 1.63. The Morgan fingerprint density at radius 2 is 2.00 bits per heavy atom. The van der Waals surface area contributed by atoms with Crippen molar-refractivity contribution in [2.75, 3.05) is 6.54 Å². The quantitative estimate of drug-likeness (QED) is 0.666. The molecule has 0 aromatic heterocycles. The zero-order valence-electron chi connectivity index (χ0n) is 8.02. The molecule has 0 aromatic carbocycles. The number of nitrogens with zero attached hydrogens (tertiary/aromatic N) is 1. The maximum Gasteiger partial charge on any atom is 0.0475 e. The highest BCUT2D eigenvalue weighted by Crippen LogP contribution is 2.21. The van der Waals surface area contributed by atoms with Crippen LogP contribution in [0.25, 0.3) is 0 Å². The van der Waals surface area contributed by atoms with Crippen LogP contribution in [0.4, 0.5) is 0 Å². The minimum atomic E-state index is 0.900. The standard InChI is InChI=1S/C10H16BrN/c1-6-10(11)9(5)12(7-2)8(3)4/h6H,3,5,7H2,1-2,4H3/b10-6+. The van der Waals surface area contributed by atoms with Crippen LogP contribution in [0.15, 0.2) is 35.1 Å². The van der Waals surface area contributed by atoms with Gasteiger partial charge in [0.2, 0.25) is 0 Å². The fourth-order valence-corrected chi connectivity index (χ4v) is 1.20. The SMILES string of the molecule is C=C(C)N(CC)C(=C)/C(Br)=C\C. The highest BCUT2D eigenvalue weighted by molar-refractivity contribution is 9.11. The van der Waals surface area contributed by atoms with E-state index in [0.29, 0.717) is 0 Å². The molecule has 0 radical (unpaired) electrons. The number of likely N-dealkylation sites (N-methyl/N-ethyl adjacent to an activating group) is 1. The molecule has 0 spiro atoms. The maximum atomic E-state index is 3.97. The van der Waals surface area contributed by atoms with Gasteiger partial charge in [0.05, 0.1) is 0 Å². The van der Waals surface area contributed by atoms with Crippen LogP contribution < -0.4 is 0 Å². The lowest BCUT2D eigenvalue weighted by molar-refractivity contribution is 0.468. The lowest BCUT2D eigenvalue weighted by atomic mass is 10.3. The van der Waals surface area contributed by atoms with Crippen LogP contribution >= 0.6 is 15.9 Å². The van der Waals surface area contributed by atoms with Crippen LogP contribution in [0.1, 0.15) is 20.8 Å². The second-order valence-electron chi connectivity index (χ2n) is 2.56. The van der Waals surface area contributed by atoms with Gasteiger partial charge in [0.25, 0.3) is 0 Å². The first kappa shape index (κ1) is 11.5. The Balaban J connectivity index is 4.54. The molecular formula is C10H16BrN. The normalized spacial score (nSPS) is 11.2. The Labute approximate surface area is 83.6 Å². The van der Waals surface area contributed by atoms with Crippen molar-refractivity contribution < 1.29 is 0 Å². The molecule has 0 amide bonds. The number of hydrogen-bond donors (Lipinski definition) is 0. The van der Waals surface area contributed by atoms with Crippen molar-refractivity contribution in [1.29, 1.82) is 0 Å². The topological polar surface area (TPSA) is 3.24 Å². The second-order valence-corrected chi connectivity index (χ2v) is 3.42. The third kappa shape index (κ3) is 2.86. The van der Waals surface area contributed by atoms with Gasteiger partial charge in [-0.3, -0.25) is 0 Å². The molecule has 68 valence electrons. The molecule has 0 aliphatic carbocycles. The van der Waals surface area contributed by atoms with E-state index in [1.807, 2.05) is 19.9 Å². The Bertz CT molecular complexity index is 216. The summed E-state index contributed by atoms with van der Waals surface area (Å²) < 4.78 is 1.02. The smallest absolute Gasteiger partial charge is 0.0475 e. The summed E-state index contributed by atoms with van der Waals surface area (Å²) >= 11 is 3.43. The van der Waals surface area contributed by atoms with E-state index in [2.05, 4.69) is 40.9 Å². The van der Waals surface area contributed by atoms with E-state index in [1.165, 1.54) is 0 Å². The summed E-state index contributed by atoms with van der Waals surface area (Å²) in [5, 5.41) is 0. The van der Waals surface area contributed by atoms with E-state index in [-0.39, 0.29) is 0 Å². The summed E-state index contributed by atoms with van der Waals surface area (Å²) in [4.78, 5) is 2.06. The van der Waals surface area contributed by atoms with Gasteiger partial charge < -0.3 is 4.90 Å². The monoisotopic (exact) mass is 229 g/mol. The van der Waals surface area contributed by atoms with Crippen LogP contribution in [0.3, 0.4) is 0 Å². The minimum absolute atomic E-state index is 0.900. The molecule has 0 fully saturated rings. The lowest BCUT2D eigenvalue weighted by Crippen LogP contribution is -2.19. The first-order chi connectivity index (χ1) is 5.54. The first-order valence-electron chi connectivity index (χ1n) is 3.98. The van der Waals surface area contributed by atoms with E-state index < -0.39 is 0 Å². The lowest BCUT2D eigenvalue weighted by Gasteiger charge is -2.24. The summed E-state index contributed by atoms with van der Waals surface area (Å²) in [6, 6.07) is 0. The second kappa shape index (κ2) is 5.20. The van der Waals surface area contributed by atoms with Crippen LogP contribution in [-0.4, -0.2) is 11.4 Å². The summed E-state index contributed by atoms with van der Waals surface area (Å²) in [7, 11) is 0. The Kier molecular flexibility index (Phi) is 4.98. The van der Waals surface area contributed by atoms with E-state index in [4.69, 9.17) is 0 Å². The van der Waals surface area contributed by atoms with E-state index in [1.54, 1.807) is 0 Å². The van der Waals surface area contributed by atoms with Gasteiger partial charge in [-0.1, -0.05) is 19.2 Å². The van der Waals surface area contributed by atoms with Crippen molar-refractivity contribution in [3.63, 3.8) is 0 Å². The van der Waals surface area contributed by atoms with Crippen LogP contribution in [0, 0.1) is 0 Å². The van der Waals surface area contributed by atoms with Gasteiger partial charge in [0.1, 0.15) is 0 Å². The molecule has 0 atom stereocenters. The zero-order valence-corrected chi connectivity index (χ0v) is 9.61. The molecule has 0 bridgehead atoms. The van der Waals surface area contributed by atoms with Crippen molar-refractivity contribution >= 4 is 15.9 Å². The highest BCUT2D eigenvalue weighted by Gasteiger charge is 2.07. The van der Waals surface area contributed by atoms with Crippen molar-refractivity contribution in [3.8, 4) is 0 Å². The summed E-state index contributed by atoms with van der Waals surface area (Å²) in [5.74, 6) is 0. The van der Waals surface area contributed by atoms with Gasteiger partial charge >= 0.3 is 0 Å². The highest BCUT2D eigenvalue weighted by atomic mass is 79.9. The molecule has 0 saturated heterocycles. The molecule has 1 nitrogen and oxygen atoms in total. The van der Waals surface area contributed by atoms with Crippen molar-refractivity contribution in [3.05, 3.63) is 35.1 Å². The van der Waals surface area contributed by atoms with Crippen molar-refractivity contribution in [1.82, 2.24) is 4.90 Å². The molecule has 0 aromatic rings. The van der Waals surface area contributed by atoms with Crippen LogP contribution in [0.5, 0.6) is 0 Å². The Morgan fingerprint density at radius 3 is 2.25 bits per heavy atom. The van der Waals surface area contributed by atoms with Gasteiger partial charge in [0, 0.05) is 22.4 Å². The molecule has 0 N–H and O–H groups in total. The van der Waals surface area contributed by atoms with Crippen LogP contribution in [-0.2, 0) is 0 Å². The van der Waals surface area contributed by atoms with Gasteiger partial charge in [0.15, 0.2) is 0 Å². The molecule has 0 aliphatic heterocycles. The molecule has 2 heteroatoms. The van der Waals surface area contributed by atoms with Crippen LogP contribution in [0.2, 0.25) is 0 Å². The maximum absolute atomic E-state index is 3.97. The number of rotatable bonds is 4. The average Bonchev–Trinajstić information content (AvgIpc) is 2.03.